The molecule has 94 valence electrons. The van der Waals surface area contributed by atoms with E-state index in [0.29, 0.717) is 22.3 Å². The summed E-state index contributed by atoms with van der Waals surface area (Å²) >= 11 is 5.97. The zero-order chi connectivity index (χ0) is 12.8. The molecule has 0 aliphatic heterocycles. The number of rotatable bonds is 5. The lowest BCUT2D eigenvalue weighted by atomic mass is 10.3. The van der Waals surface area contributed by atoms with Crippen LogP contribution in [0.4, 0.5) is 0 Å². The first-order valence-electron chi connectivity index (χ1n) is 4.63. The van der Waals surface area contributed by atoms with Gasteiger partial charge in [0.15, 0.2) is 17.3 Å². The topological polar surface area (TPSA) is 86.3 Å². The lowest BCUT2D eigenvalue weighted by Gasteiger charge is -2.12. The third-order valence-electron chi connectivity index (χ3n) is 1.92. The maximum atomic E-state index is 8.36. The van der Waals surface area contributed by atoms with Gasteiger partial charge < -0.3 is 25.2 Å². The fraction of sp³-hybridized carbons (Fsp3) is 0.300. The Labute approximate surface area is 104 Å². The van der Waals surface area contributed by atoms with Gasteiger partial charge in [0.1, 0.15) is 12.4 Å². The number of hydrogen-bond acceptors (Lipinski definition) is 5. The number of nitrogens with two attached hydrogens (primary N) is 1. The van der Waals surface area contributed by atoms with Gasteiger partial charge in [0.25, 0.3) is 0 Å². The summed E-state index contributed by atoms with van der Waals surface area (Å²) in [6.45, 7) is -0.0533. The molecule has 17 heavy (non-hydrogen) atoms. The summed E-state index contributed by atoms with van der Waals surface area (Å²) in [5.74, 6) is 1.25. The van der Waals surface area contributed by atoms with Crippen LogP contribution in [0.2, 0.25) is 5.02 Å². The van der Waals surface area contributed by atoms with Crippen molar-refractivity contribution in [1.82, 2.24) is 0 Å². The zero-order valence-electron chi connectivity index (χ0n) is 9.44. The van der Waals surface area contributed by atoms with Gasteiger partial charge in [-0.25, -0.2) is 0 Å². The van der Waals surface area contributed by atoms with Crippen molar-refractivity contribution in [2.24, 2.45) is 10.9 Å². The van der Waals surface area contributed by atoms with E-state index in [1.165, 1.54) is 14.2 Å². The summed E-state index contributed by atoms with van der Waals surface area (Å²) < 4.78 is 15.4. The van der Waals surface area contributed by atoms with Crippen molar-refractivity contribution >= 4 is 17.4 Å². The lowest BCUT2D eigenvalue weighted by molar-refractivity contribution is 0.305. The molecule has 0 spiro atoms. The third kappa shape index (κ3) is 3.32. The van der Waals surface area contributed by atoms with Crippen LogP contribution in [0, 0.1) is 0 Å². The van der Waals surface area contributed by atoms with Crippen LogP contribution < -0.4 is 19.9 Å². The molecule has 6 nitrogen and oxygen atoms in total. The maximum absolute atomic E-state index is 8.36. The molecule has 0 saturated heterocycles. The van der Waals surface area contributed by atoms with Crippen LogP contribution in [-0.2, 0) is 0 Å². The van der Waals surface area contributed by atoms with Gasteiger partial charge in [0.05, 0.1) is 19.2 Å². The van der Waals surface area contributed by atoms with E-state index < -0.39 is 0 Å². The Bertz CT molecular complexity index is 423. The number of amidine groups is 1. The fourth-order valence-corrected chi connectivity index (χ4v) is 1.44. The largest absolute Gasteiger partial charge is 0.493 e. The molecule has 0 aliphatic carbocycles. The maximum Gasteiger partial charge on any atom is 0.179 e. The van der Waals surface area contributed by atoms with Gasteiger partial charge in [0.2, 0.25) is 0 Å². The molecule has 0 heterocycles. The molecule has 0 bridgehead atoms. The molecule has 1 rings (SSSR count). The Kier molecular flexibility index (Phi) is 4.71. The van der Waals surface area contributed by atoms with E-state index in [-0.39, 0.29) is 12.4 Å². The standard InChI is InChI=1S/C10H13ClN2O4/c1-15-8-4-6(17-5-9(12)13-14)3-7(11)10(8)16-2/h3-4,14H,5H2,1-2H3,(H2,12,13). The lowest BCUT2D eigenvalue weighted by Crippen LogP contribution is -2.20. The monoisotopic (exact) mass is 260 g/mol. The molecule has 1 aromatic carbocycles. The molecule has 0 atom stereocenters. The van der Waals surface area contributed by atoms with Crippen molar-refractivity contribution in [3.63, 3.8) is 0 Å². The first-order valence-corrected chi connectivity index (χ1v) is 5.01. The van der Waals surface area contributed by atoms with Crippen LogP contribution in [0.1, 0.15) is 0 Å². The SMILES string of the molecule is COc1cc(OCC(N)=NO)cc(Cl)c1OC. The van der Waals surface area contributed by atoms with E-state index in [1.807, 2.05) is 0 Å². The van der Waals surface area contributed by atoms with E-state index in [2.05, 4.69) is 5.16 Å². The first-order chi connectivity index (χ1) is 8.12. The van der Waals surface area contributed by atoms with Crippen molar-refractivity contribution in [2.45, 2.75) is 0 Å². The van der Waals surface area contributed by atoms with Gasteiger partial charge in [-0.2, -0.15) is 0 Å². The third-order valence-corrected chi connectivity index (χ3v) is 2.20. The Balaban J connectivity index is 2.91. The number of halogens is 1. The molecule has 0 unspecified atom stereocenters. The van der Waals surface area contributed by atoms with E-state index in [4.69, 9.17) is 36.8 Å². The molecule has 0 radical (unpaired) electrons. The highest BCUT2D eigenvalue weighted by molar-refractivity contribution is 6.32. The number of hydrogen-bond donors (Lipinski definition) is 2. The Morgan fingerprint density at radius 2 is 2.12 bits per heavy atom. The smallest absolute Gasteiger partial charge is 0.179 e. The van der Waals surface area contributed by atoms with Gasteiger partial charge in [-0.1, -0.05) is 16.8 Å². The normalized spacial score (nSPS) is 11.1. The summed E-state index contributed by atoms with van der Waals surface area (Å²) in [5, 5.41) is 11.5. The second kappa shape index (κ2) is 6.05. The number of ether oxygens (including phenoxy) is 3. The van der Waals surface area contributed by atoms with E-state index in [9.17, 15) is 0 Å². The van der Waals surface area contributed by atoms with Crippen molar-refractivity contribution in [3.05, 3.63) is 17.2 Å². The van der Waals surface area contributed by atoms with E-state index in [0.717, 1.165) is 0 Å². The van der Waals surface area contributed by atoms with Crippen LogP contribution in [0.5, 0.6) is 17.2 Å². The molecule has 0 amide bonds. The van der Waals surface area contributed by atoms with E-state index in [1.54, 1.807) is 12.1 Å². The number of methoxy groups -OCH3 is 2. The molecule has 7 heteroatoms. The second-order valence-corrected chi connectivity index (χ2v) is 3.43. The van der Waals surface area contributed by atoms with E-state index >= 15 is 0 Å². The molecular formula is C10H13ClN2O4. The minimum atomic E-state index is -0.0533. The van der Waals surface area contributed by atoms with Gasteiger partial charge >= 0.3 is 0 Å². The predicted molar refractivity (Wildman–Crippen MR) is 63.5 cm³/mol. The quantitative estimate of drug-likeness (QED) is 0.362. The second-order valence-electron chi connectivity index (χ2n) is 3.02. The van der Waals surface area contributed by atoms with Crippen LogP contribution >= 0.6 is 11.6 Å². The molecule has 0 saturated carbocycles. The average Bonchev–Trinajstić information content (AvgIpc) is 2.34. The highest BCUT2D eigenvalue weighted by atomic mass is 35.5. The number of oxime groups is 1. The van der Waals surface area contributed by atoms with Crippen LogP contribution in [0.15, 0.2) is 17.3 Å². The predicted octanol–water partition coefficient (Wildman–Crippen LogP) is 1.48. The highest BCUT2D eigenvalue weighted by Gasteiger charge is 2.11. The summed E-state index contributed by atoms with van der Waals surface area (Å²) in [5.41, 5.74) is 5.27. The summed E-state index contributed by atoms with van der Waals surface area (Å²) in [6.07, 6.45) is 0. The highest BCUT2D eigenvalue weighted by Crippen LogP contribution is 2.38. The van der Waals surface area contributed by atoms with Crippen molar-refractivity contribution in [2.75, 3.05) is 20.8 Å². The summed E-state index contributed by atoms with van der Waals surface area (Å²) in [4.78, 5) is 0. The Morgan fingerprint density at radius 1 is 1.41 bits per heavy atom. The fourth-order valence-electron chi connectivity index (χ4n) is 1.16. The molecule has 0 fully saturated rings. The molecule has 1 aromatic rings. The van der Waals surface area contributed by atoms with Crippen molar-refractivity contribution in [3.8, 4) is 17.2 Å². The molecule has 3 N–H and O–H groups in total. The van der Waals surface area contributed by atoms with Crippen LogP contribution in [0.25, 0.3) is 0 Å². The first kappa shape index (κ1) is 13.2. The minimum absolute atomic E-state index is 0.0455. The summed E-state index contributed by atoms with van der Waals surface area (Å²) in [7, 11) is 2.97. The van der Waals surface area contributed by atoms with Crippen molar-refractivity contribution in [1.29, 1.82) is 0 Å². The van der Waals surface area contributed by atoms with Gasteiger partial charge in [-0.05, 0) is 0 Å². The molecule has 0 aromatic heterocycles. The zero-order valence-corrected chi connectivity index (χ0v) is 10.2. The van der Waals surface area contributed by atoms with Crippen LogP contribution in [0.3, 0.4) is 0 Å². The van der Waals surface area contributed by atoms with Crippen molar-refractivity contribution < 1.29 is 19.4 Å². The molecular weight excluding hydrogens is 248 g/mol. The van der Waals surface area contributed by atoms with Gasteiger partial charge in [0, 0.05) is 12.1 Å². The minimum Gasteiger partial charge on any atom is -0.493 e. The Hall–Kier alpha value is -1.82. The number of benzene rings is 1. The van der Waals surface area contributed by atoms with Gasteiger partial charge in [-0.3, -0.25) is 0 Å². The molecule has 0 aliphatic rings. The number of nitrogens with zero attached hydrogens (tertiary/aromatic N) is 1. The average molecular weight is 261 g/mol. The Morgan fingerprint density at radius 3 is 2.65 bits per heavy atom. The van der Waals surface area contributed by atoms with Gasteiger partial charge in [-0.15, -0.1) is 0 Å². The van der Waals surface area contributed by atoms with Crippen LogP contribution in [-0.4, -0.2) is 31.9 Å². The summed E-state index contributed by atoms with van der Waals surface area (Å²) in [6, 6.07) is 3.14.